The lowest BCUT2D eigenvalue weighted by molar-refractivity contribution is 0.100. The van der Waals surface area contributed by atoms with E-state index in [0.29, 0.717) is 5.56 Å². The number of aromatic nitrogens is 1. The van der Waals surface area contributed by atoms with E-state index in [1.807, 2.05) is 13.8 Å². The Bertz CT molecular complexity index is 486. The number of carbonyl (C=O) groups excluding carboxylic acids is 1. The van der Waals surface area contributed by atoms with Crippen molar-refractivity contribution >= 4 is 5.78 Å². The summed E-state index contributed by atoms with van der Waals surface area (Å²) in [6, 6.07) is 6.92. The van der Waals surface area contributed by atoms with E-state index in [9.17, 15) is 4.79 Å². The van der Waals surface area contributed by atoms with E-state index in [-0.39, 0.29) is 17.8 Å². The quantitative estimate of drug-likeness (QED) is 0.759. The van der Waals surface area contributed by atoms with Crippen molar-refractivity contribution in [3.63, 3.8) is 0 Å². The molecule has 0 spiro atoms. The summed E-state index contributed by atoms with van der Waals surface area (Å²) in [7, 11) is 0. The van der Waals surface area contributed by atoms with E-state index in [1.165, 1.54) is 12.5 Å². The third-order valence-electron chi connectivity index (χ3n) is 2.11. The van der Waals surface area contributed by atoms with Crippen LogP contribution in [0, 0.1) is 0 Å². The number of rotatable bonds is 4. The van der Waals surface area contributed by atoms with Gasteiger partial charge in [-0.2, -0.15) is 0 Å². The molecule has 1 heterocycles. The van der Waals surface area contributed by atoms with Gasteiger partial charge in [0.05, 0.1) is 12.3 Å². The maximum atomic E-state index is 11.8. The van der Waals surface area contributed by atoms with Gasteiger partial charge in [-0.05, 0) is 38.1 Å². The molecule has 0 saturated carbocycles. The van der Waals surface area contributed by atoms with Crippen molar-refractivity contribution in [1.82, 2.24) is 4.98 Å². The van der Waals surface area contributed by atoms with Crippen LogP contribution in [-0.4, -0.2) is 16.9 Å². The highest BCUT2D eigenvalue weighted by atomic mass is 16.5. The van der Waals surface area contributed by atoms with Crippen LogP contribution in [0.25, 0.3) is 0 Å². The molecule has 1 aromatic carbocycles. The van der Waals surface area contributed by atoms with Gasteiger partial charge in [-0.1, -0.05) is 0 Å². The van der Waals surface area contributed by atoms with Gasteiger partial charge >= 0.3 is 0 Å². The molecule has 0 aliphatic rings. The first-order valence-corrected chi connectivity index (χ1v) is 5.37. The van der Waals surface area contributed by atoms with Crippen molar-refractivity contribution in [2.24, 2.45) is 0 Å². The normalized spacial score (nSPS) is 10.5. The van der Waals surface area contributed by atoms with Crippen LogP contribution in [0.3, 0.4) is 0 Å². The van der Waals surface area contributed by atoms with Crippen molar-refractivity contribution < 1.29 is 13.9 Å². The van der Waals surface area contributed by atoms with Crippen molar-refractivity contribution in [3.8, 4) is 5.75 Å². The van der Waals surface area contributed by atoms with Crippen LogP contribution in [0.1, 0.15) is 30.1 Å². The number of hydrogen-bond acceptors (Lipinski definition) is 4. The molecular weight excluding hydrogens is 218 g/mol. The first-order valence-electron chi connectivity index (χ1n) is 5.37. The molecule has 1 aromatic heterocycles. The lowest BCUT2D eigenvalue weighted by Gasteiger charge is -2.09. The number of oxazole rings is 1. The average Bonchev–Trinajstić information content (AvgIpc) is 2.82. The molecule has 0 unspecified atom stereocenters. The molecule has 2 aromatic rings. The first kappa shape index (κ1) is 11.4. The highest BCUT2D eigenvalue weighted by Crippen LogP contribution is 2.15. The Morgan fingerprint density at radius 3 is 2.53 bits per heavy atom. The number of ether oxygens (including phenoxy) is 1. The second-order valence-corrected chi connectivity index (χ2v) is 3.86. The number of nitrogens with zero attached hydrogens (tertiary/aromatic N) is 1. The van der Waals surface area contributed by atoms with Gasteiger partial charge in [0.2, 0.25) is 5.78 Å². The molecule has 0 N–H and O–H groups in total. The number of benzene rings is 1. The van der Waals surface area contributed by atoms with Crippen LogP contribution in [0.4, 0.5) is 0 Å². The monoisotopic (exact) mass is 231 g/mol. The second kappa shape index (κ2) is 4.82. The molecule has 4 nitrogen and oxygen atoms in total. The Balaban J connectivity index is 2.15. The van der Waals surface area contributed by atoms with E-state index in [1.54, 1.807) is 24.3 Å². The summed E-state index contributed by atoms with van der Waals surface area (Å²) in [5, 5.41) is 0. The van der Waals surface area contributed by atoms with Gasteiger partial charge in [0.25, 0.3) is 5.89 Å². The number of hydrogen-bond donors (Lipinski definition) is 0. The largest absolute Gasteiger partial charge is 0.491 e. The molecule has 0 aliphatic carbocycles. The molecule has 0 fully saturated rings. The Morgan fingerprint density at radius 1 is 1.29 bits per heavy atom. The van der Waals surface area contributed by atoms with Crippen LogP contribution in [-0.2, 0) is 0 Å². The molecule has 0 saturated heterocycles. The van der Waals surface area contributed by atoms with Gasteiger partial charge in [0.15, 0.2) is 0 Å². The highest BCUT2D eigenvalue weighted by molar-refractivity contribution is 6.05. The zero-order valence-electron chi connectivity index (χ0n) is 9.71. The standard InChI is InChI=1S/C13H13NO3/c1-9(2)17-11-5-3-10(4-6-11)12(15)13-14-7-8-16-13/h3-9H,1-2H3. The van der Waals surface area contributed by atoms with E-state index in [0.717, 1.165) is 5.75 Å². The van der Waals surface area contributed by atoms with Crippen LogP contribution in [0.2, 0.25) is 0 Å². The van der Waals surface area contributed by atoms with Crippen LogP contribution < -0.4 is 4.74 Å². The maximum absolute atomic E-state index is 11.8. The van der Waals surface area contributed by atoms with E-state index in [4.69, 9.17) is 9.15 Å². The van der Waals surface area contributed by atoms with Crippen molar-refractivity contribution in [1.29, 1.82) is 0 Å². The summed E-state index contributed by atoms with van der Waals surface area (Å²) in [5.41, 5.74) is 0.531. The molecule has 0 atom stereocenters. The van der Waals surface area contributed by atoms with Gasteiger partial charge in [0, 0.05) is 5.56 Å². The molecule has 0 radical (unpaired) electrons. The Morgan fingerprint density at radius 2 is 2.00 bits per heavy atom. The van der Waals surface area contributed by atoms with Gasteiger partial charge in [-0.25, -0.2) is 4.98 Å². The molecular formula is C13H13NO3. The Hall–Kier alpha value is -2.10. The molecule has 0 bridgehead atoms. The zero-order chi connectivity index (χ0) is 12.3. The van der Waals surface area contributed by atoms with Crippen molar-refractivity contribution in [2.75, 3.05) is 0 Å². The van der Waals surface area contributed by atoms with Crippen LogP contribution in [0.5, 0.6) is 5.75 Å². The van der Waals surface area contributed by atoms with Gasteiger partial charge < -0.3 is 9.15 Å². The second-order valence-electron chi connectivity index (χ2n) is 3.86. The summed E-state index contributed by atoms with van der Waals surface area (Å²) < 4.78 is 10.4. The summed E-state index contributed by atoms with van der Waals surface area (Å²) in [6.07, 6.45) is 2.94. The lowest BCUT2D eigenvalue weighted by Crippen LogP contribution is -2.06. The van der Waals surface area contributed by atoms with E-state index in [2.05, 4.69) is 4.98 Å². The fourth-order valence-corrected chi connectivity index (χ4v) is 1.42. The van der Waals surface area contributed by atoms with Crippen LogP contribution >= 0.6 is 0 Å². The molecule has 2 rings (SSSR count). The summed E-state index contributed by atoms with van der Waals surface area (Å²) in [5.74, 6) is 0.609. The minimum atomic E-state index is -0.230. The van der Waals surface area contributed by atoms with Gasteiger partial charge in [-0.3, -0.25) is 4.79 Å². The summed E-state index contributed by atoms with van der Waals surface area (Å²) in [4.78, 5) is 15.7. The third-order valence-corrected chi connectivity index (χ3v) is 2.11. The minimum Gasteiger partial charge on any atom is -0.491 e. The predicted octanol–water partition coefficient (Wildman–Crippen LogP) is 2.69. The topological polar surface area (TPSA) is 52.3 Å². The lowest BCUT2D eigenvalue weighted by atomic mass is 10.1. The third kappa shape index (κ3) is 2.72. The molecule has 17 heavy (non-hydrogen) atoms. The predicted molar refractivity (Wildman–Crippen MR) is 62.1 cm³/mol. The van der Waals surface area contributed by atoms with Crippen molar-refractivity contribution in [2.45, 2.75) is 20.0 Å². The highest BCUT2D eigenvalue weighted by Gasteiger charge is 2.13. The fraction of sp³-hybridized carbons (Fsp3) is 0.231. The Kier molecular flexibility index (Phi) is 3.23. The maximum Gasteiger partial charge on any atom is 0.268 e. The fourth-order valence-electron chi connectivity index (χ4n) is 1.42. The average molecular weight is 231 g/mol. The van der Waals surface area contributed by atoms with E-state index < -0.39 is 0 Å². The van der Waals surface area contributed by atoms with Crippen molar-refractivity contribution in [3.05, 3.63) is 48.2 Å². The van der Waals surface area contributed by atoms with Crippen LogP contribution in [0.15, 0.2) is 41.1 Å². The Labute approximate surface area is 99.2 Å². The smallest absolute Gasteiger partial charge is 0.268 e. The summed E-state index contributed by atoms with van der Waals surface area (Å²) >= 11 is 0. The molecule has 4 heteroatoms. The summed E-state index contributed by atoms with van der Waals surface area (Å²) in [6.45, 7) is 3.90. The molecule has 88 valence electrons. The molecule has 0 aliphatic heterocycles. The van der Waals surface area contributed by atoms with E-state index >= 15 is 0 Å². The molecule has 0 amide bonds. The number of ketones is 1. The minimum absolute atomic E-state index is 0.0996. The van der Waals surface area contributed by atoms with Gasteiger partial charge in [-0.15, -0.1) is 0 Å². The SMILES string of the molecule is CC(C)Oc1ccc(C(=O)c2ncco2)cc1. The zero-order valence-corrected chi connectivity index (χ0v) is 9.71. The first-order chi connectivity index (χ1) is 8.16. The van der Waals surface area contributed by atoms with Gasteiger partial charge in [0.1, 0.15) is 12.0 Å². The number of carbonyl (C=O) groups is 1.